The zero-order valence-corrected chi connectivity index (χ0v) is 20.8. The second-order valence-electron chi connectivity index (χ2n) is 9.44. The summed E-state index contributed by atoms with van der Waals surface area (Å²) in [6.45, 7) is 1.52. The Morgan fingerprint density at radius 1 is 1.08 bits per heavy atom. The van der Waals surface area contributed by atoms with E-state index in [1.807, 2.05) is 4.90 Å². The predicted molar refractivity (Wildman–Crippen MR) is 141 cm³/mol. The number of pyridine rings is 2. The van der Waals surface area contributed by atoms with Gasteiger partial charge in [0.15, 0.2) is 5.65 Å². The van der Waals surface area contributed by atoms with Crippen LogP contribution >= 0.6 is 0 Å². The van der Waals surface area contributed by atoms with E-state index in [4.69, 9.17) is 0 Å². The van der Waals surface area contributed by atoms with Crippen molar-refractivity contribution < 1.29 is 9.59 Å². The predicted octanol–water partition coefficient (Wildman–Crippen LogP) is 2.19. The monoisotopic (exact) mass is 513 g/mol. The number of carbonyl (C=O) groups is 2. The molecule has 2 amide bonds. The summed E-state index contributed by atoms with van der Waals surface area (Å²) in [7, 11) is 1.74. The fourth-order valence-corrected chi connectivity index (χ4v) is 4.52. The molecule has 2 fully saturated rings. The number of anilines is 3. The Morgan fingerprint density at radius 2 is 1.89 bits per heavy atom. The molecule has 1 saturated carbocycles. The maximum Gasteiger partial charge on any atom is 0.279 e. The number of amides is 2. The van der Waals surface area contributed by atoms with Gasteiger partial charge in [0.05, 0.1) is 11.8 Å². The van der Waals surface area contributed by atoms with Gasteiger partial charge < -0.3 is 20.9 Å². The Bertz CT molecular complexity index is 1580. The van der Waals surface area contributed by atoms with Crippen molar-refractivity contribution in [3.05, 3.63) is 70.4 Å². The summed E-state index contributed by atoms with van der Waals surface area (Å²) < 4.78 is 2.95. The zero-order chi connectivity index (χ0) is 26.2. The smallest absolute Gasteiger partial charge is 0.279 e. The second kappa shape index (κ2) is 9.61. The lowest BCUT2D eigenvalue weighted by molar-refractivity contribution is 0.0792. The highest BCUT2D eigenvalue weighted by Crippen LogP contribution is 2.23. The minimum atomic E-state index is -0.341. The first kappa shape index (κ1) is 23.6. The van der Waals surface area contributed by atoms with Crippen LogP contribution in [-0.4, -0.2) is 67.0 Å². The van der Waals surface area contributed by atoms with Crippen LogP contribution in [0.2, 0.25) is 0 Å². The van der Waals surface area contributed by atoms with Crippen LogP contribution in [0.5, 0.6) is 0 Å². The Hall–Kier alpha value is -4.74. The third-order valence-electron chi connectivity index (χ3n) is 6.73. The molecule has 0 unspecified atom stereocenters. The van der Waals surface area contributed by atoms with Gasteiger partial charge in [0.1, 0.15) is 28.7 Å². The standard InChI is InChI=1S/C26H27N9O3/c1-27-22-13-20(32-23-18(15-29-35(22)23)24(36)30-17-7-8-17)31-19-5-4-12-34(26(19)38)21-9-6-16(14-28-21)25(37)33-10-2-3-11-33/h4-6,9,12-15,17,27H,2-3,7-8,10-11H2,1H3,(H,30,36)(H,31,32). The molecule has 194 valence electrons. The molecular formula is C26H27N9O3. The van der Waals surface area contributed by atoms with Gasteiger partial charge in [0.2, 0.25) is 0 Å². The van der Waals surface area contributed by atoms with Gasteiger partial charge in [0, 0.05) is 44.6 Å². The number of rotatable bonds is 7. The van der Waals surface area contributed by atoms with E-state index < -0.39 is 0 Å². The van der Waals surface area contributed by atoms with E-state index in [1.165, 1.54) is 17.0 Å². The van der Waals surface area contributed by atoms with E-state index in [0.717, 1.165) is 38.8 Å². The Kier molecular flexibility index (Phi) is 5.98. The molecule has 0 radical (unpaired) electrons. The summed E-state index contributed by atoms with van der Waals surface area (Å²) in [5.41, 5.74) is 1.15. The molecule has 6 rings (SSSR count). The van der Waals surface area contributed by atoms with Gasteiger partial charge in [-0.05, 0) is 49.9 Å². The molecule has 38 heavy (non-hydrogen) atoms. The molecule has 0 spiro atoms. The van der Waals surface area contributed by atoms with Crippen LogP contribution < -0.4 is 21.5 Å². The lowest BCUT2D eigenvalue weighted by Gasteiger charge is -2.15. The largest absolute Gasteiger partial charge is 0.373 e. The topological polar surface area (TPSA) is 139 Å². The molecule has 12 heteroatoms. The second-order valence-corrected chi connectivity index (χ2v) is 9.44. The highest BCUT2D eigenvalue weighted by Gasteiger charge is 2.26. The number of fused-ring (bicyclic) bond motifs is 1. The summed E-state index contributed by atoms with van der Waals surface area (Å²) >= 11 is 0. The van der Waals surface area contributed by atoms with Crippen molar-refractivity contribution in [3.8, 4) is 5.82 Å². The first-order valence-electron chi connectivity index (χ1n) is 12.6. The maximum atomic E-state index is 13.3. The number of hydrogen-bond donors (Lipinski definition) is 3. The van der Waals surface area contributed by atoms with Crippen molar-refractivity contribution in [3.63, 3.8) is 0 Å². The Labute approximate surface area is 217 Å². The number of carbonyl (C=O) groups excluding carboxylic acids is 2. The summed E-state index contributed by atoms with van der Waals surface area (Å²) in [5, 5.41) is 13.4. The number of likely N-dealkylation sites (tertiary alicyclic amines) is 1. The number of nitrogens with zero attached hydrogens (tertiary/aromatic N) is 6. The van der Waals surface area contributed by atoms with Crippen molar-refractivity contribution in [1.29, 1.82) is 0 Å². The van der Waals surface area contributed by atoms with Crippen LogP contribution in [0.15, 0.2) is 53.7 Å². The average molecular weight is 514 g/mol. The van der Waals surface area contributed by atoms with Gasteiger partial charge in [-0.15, -0.1) is 0 Å². The van der Waals surface area contributed by atoms with Crippen molar-refractivity contribution in [2.75, 3.05) is 30.8 Å². The fourth-order valence-electron chi connectivity index (χ4n) is 4.52. The number of hydrogen-bond acceptors (Lipinski definition) is 8. The molecule has 2 aliphatic rings. The lowest BCUT2D eigenvalue weighted by Crippen LogP contribution is -2.28. The van der Waals surface area contributed by atoms with E-state index in [-0.39, 0.29) is 29.1 Å². The molecule has 4 aromatic heterocycles. The first-order chi connectivity index (χ1) is 18.5. The van der Waals surface area contributed by atoms with E-state index in [0.29, 0.717) is 34.2 Å². The Balaban J connectivity index is 1.28. The third kappa shape index (κ3) is 4.44. The van der Waals surface area contributed by atoms with Gasteiger partial charge in [-0.1, -0.05) is 0 Å². The summed E-state index contributed by atoms with van der Waals surface area (Å²) in [6.07, 6.45) is 8.58. The lowest BCUT2D eigenvalue weighted by atomic mass is 10.2. The quantitative estimate of drug-likeness (QED) is 0.342. The van der Waals surface area contributed by atoms with Crippen LogP contribution in [-0.2, 0) is 0 Å². The molecule has 0 bridgehead atoms. The van der Waals surface area contributed by atoms with Gasteiger partial charge in [0.25, 0.3) is 17.4 Å². The van der Waals surface area contributed by atoms with Crippen molar-refractivity contribution in [2.24, 2.45) is 0 Å². The number of nitrogens with one attached hydrogen (secondary N) is 3. The molecule has 12 nitrogen and oxygen atoms in total. The molecular weight excluding hydrogens is 486 g/mol. The zero-order valence-electron chi connectivity index (χ0n) is 20.8. The normalized spacial score (nSPS) is 15.0. The van der Waals surface area contributed by atoms with Gasteiger partial charge in [-0.2, -0.15) is 9.61 Å². The summed E-state index contributed by atoms with van der Waals surface area (Å²) in [6, 6.07) is 8.63. The van der Waals surface area contributed by atoms with Gasteiger partial charge in [-0.25, -0.2) is 9.97 Å². The van der Waals surface area contributed by atoms with Crippen LogP contribution in [0.4, 0.5) is 17.3 Å². The van der Waals surface area contributed by atoms with Crippen molar-refractivity contribution in [2.45, 2.75) is 31.7 Å². The van der Waals surface area contributed by atoms with E-state index in [9.17, 15) is 14.4 Å². The summed E-state index contributed by atoms with van der Waals surface area (Å²) in [5.74, 6) is 1.09. The van der Waals surface area contributed by atoms with Crippen LogP contribution in [0.25, 0.3) is 11.5 Å². The maximum absolute atomic E-state index is 13.3. The first-order valence-corrected chi connectivity index (χ1v) is 12.6. The van der Waals surface area contributed by atoms with E-state index in [1.54, 1.807) is 48.1 Å². The van der Waals surface area contributed by atoms with Crippen LogP contribution in [0.1, 0.15) is 46.4 Å². The molecule has 0 aromatic carbocycles. The molecule has 1 aliphatic heterocycles. The fraction of sp³-hybridized carbons (Fsp3) is 0.308. The molecule has 1 saturated heterocycles. The average Bonchev–Trinajstić information content (AvgIpc) is 3.38. The molecule has 0 atom stereocenters. The molecule has 5 heterocycles. The highest BCUT2D eigenvalue weighted by molar-refractivity contribution is 6.00. The summed E-state index contributed by atoms with van der Waals surface area (Å²) in [4.78, 5) is 49.4. The molecule has 1 aliphatic carbocycles. The van der Waals surface area contributed by atoms with Gasteiger partial charge in [-0.3, -0.25) is 19.0 Å². The van der Waals surface area contributed by atoms with Crippen molar-refractivity contribution in [1.82, 2.24) is 34.4 Å². The van der Waals surface area contributed by atoms with Crippen LogP contribution in [0, 0.1) is 0 Å². The van der Waals surface area contributed by atoms with Gasteiger partial charge >= 0.3 is 0 Å². The Morgan fingerprint density at radius 3 is 2.61 bits per heavy atom. The highest BCUT2D eigenvalue weighted by atomic mass is 16.2. The minimum Gasteiger partial charge on any atom is -0.373 e. The SMILES string of the molecule is CNc1cc(Nc2cccn(-c3ccc(C(=O)N4CCCC4)cn3)c2=O)nc2c(C(=O)NC3CC3)cnn12. The van der Waals surface area contributed by atoms with Crippen LogP contribution in [0.3, 0.4) is 0 Å². The number of aromatic nitrogens is 5. The van der Waals surface area contributed by atoms with Crippen molar-refractivity contribution >= 4 is 34.8 Å². The molecule has 3 N–H and O–H groups in total. The molecule has 4 aromatic rings. The minimum absolute atomic E-state index is 0.0452. The van der Waals surface area contributed by atoms with E-state index in [2.05, 4.69) is 31.0 Å². The van der Waals surface area contributed by atoms with E-state index >= 15 is 0 Å². The third-order valence-corrected chi connectivity index (χ3v) is 6.73.